The number of hydrogen-bond acceptors (Lipinski definition) is 4. The molecule has 2 atom stereocenters. The molecule has 6 nitrogen and oxygen atoms in total. The summed E-state index contributed by atoms with van der Waals surface area (Å²) >= 11 is 0. The summed E-state index contributed by atoms with van der Waals surface area (Å²) in [7, 11) is 0. The Labute approximate surface area is 94.0 Å². The lowest BCUT2D eigenvalue weighted by Crippen LogP contribution is -2.52. The third kappa shape index (κ3) is 4.59. The molecule has 0 amide bonds. The maximum Gasteiger partial charge on any atom is 0.317 e. The first kappa shape index (κ1) is 12.9. The predicted octanol–water partition coefficient (Wildman–Crippen LogP) is -0.354. The van der Waals surface area contributed by atoms with Crippen molar-refractivity contribution in [2.45, 2.75) is 37.8 Å². The standard InChI is InChI=1S/C10H18N2O4/c13-9(14)5-11-7-3-1-2-4-8(7)12-6-10(15)16/h7-8,11-12H,1-6H2,(H,13,14)(H,15,16)/t7-,8+. The van der Waals surface area contributed by atoms with Crippen molar-refractivity contribution in [1.82, 2.24) is 10.6 Å². The van der Waals surface area contributed by atoms with Gasteiger partial charge in [0.2, 0.25) is 0 Å². The second kappa shape index (κ2) is 6.44. The van der Waals surface area contributed by atoms with Crippen molar-refractivity contribution in [2.75, 3.05) is 13.1 Å². The summed E-state index contributed by atoms with van der Waals surface area (Å²) in [4.78, 5) is 20.9. The van der Waals surface area contributed by atoms with E-state index in [1.54, 1.807) is 0 Å². The molecule has 1 saturated carbocycles. The first-order valence-corrected chi connectivity index (χ1v) is 5.50. The van der Waals surface area contributed by atoms with Crippen LogP contribution in [0, 0.1) is 0 Å². The molecule has 92 valence electrons. The van der Waals surface area contributed by atoms with E-state index >= 15 is 0 Å². The number of aliphatic carboxylic acids is 2. The van der Waals surface area contributed by atoms with Crippen LogP contribution in [0.2, 0.25) is 0 Å². The van der Waals surface area contributed by atoms with Gasteiger partial charge in [-0.15, -0.1) is 0 Å². The molecule has 1 aliphatic carbocycles. The first-order valence-electron chi connectivity index (χ1n) is 5.50. The molecule has 0 heterocycles. The molecule has 0 aromatic carbocycles. The molecule has 0 aromatic rings. The minimum Gasteiger partial charge on any atom is -0.480 e. The summed E-state index contributed by atoms with van der Waals surface area (Å²) in [5, 5.41) is 23.0. The second-order valence-electron chi connectivity index (χ2n) is 4.05. The van der Waals surface area contributed by atoms with E-state index in [-0.39, 0.29) is 25.2 Å². The van der Waals surface area contributed by atoms with Crippen molar-refractivity contribution < 1.29 is 19.8 Å². The Hall–Kier alpha value is -1.14. The molecule has 1 fully saturated rings. The van der Waals surface area contributed by atoms with Crippen LogP contribution in [0.25, 0.3) is 0 Å². The van der Waals surface area contributed by atoms with E-state index in [1.807, 2.05) is 0 Å². The summed E-state index contributed by atoms with van der Waals surface area (Å²) in [5.41, 5.74) is 0. The van der Waals surface area contributed by atoms with Crippen LogP contribution in [0.5, 0.6) is 0 Å². The zero-order valence-electron chi connectivity index (χ0n) is 9.11. The Morgan fingerprint density at radius 3 is 1.62 bits per heavy atom. The number of rotatable bonds is 6. The van der Waals surface area contributed by atoms with Gasteiger partial charge < -0.3 is 20.8 Å². The molecule has 0 aromatic heterocycles. The Balaban J connectivity index is 2.37. The van der Waals surface area contributed by atoms with Crippen LogP contribution in [0.3, 0.4) is 0 Å². The third-order valence-corrected chi connectivity index (χ3v) is 2.80. The van der Waals surface area contributed by atoms with Gasteiger partial charge >= 0.3 is 11.9 Å². The monoisotopic (exact) mass is 230 g/mol. The van der Waals surface area contributed by atoms with Crippen molar-refractivity contribution in [2.24, 2.45) is 0 Å². The highest BCUT2D eigenvalue weighted by atomic mass is 16.4. The highest BCUT2D eigenvalue weighted by Gasteiger charge is 2.25. The number of nitrogens with one attached hydrogen (secondary N) is 2. The number of carbonyl (C=O) groups is 2. The number of hydrogen-bond donors (Lipinski definition) is 4. The van der Waals surface area contributed by atoms with Crippen molar-refractivity contribution in [3.05, 3.63) is 0 Å². The van der Waals surface area contributed by atoms with Gasteiger partial charge in [-0.05, 0) is 12.8 Å². The Morgan fingerprint density at radius 1 is 0.938 bits per heavy atom. The molecular weight excluding hydrogens is 212 g/mol. The quantitative estimate of drug-likeness (QED) is 0.497. The Kier molecular flexibility index (Phi) is 5.21. The maximum atomic E-state index is 10.4. The van der Waals surface area contributed by atoms with Gasteiger partial charge in [0.05, 0.1) is 13.1 Å². The van der Waals surface area contributed by atoms with Gasteiger partial charge in [0.1, 0.15) is 0 Å². The fraction of sp³-hybridized carbons (Fsp3) is 0.800. The molecule has 0 radical (unpaired) electrons. The summed E-state index contributed by atoms with van der Waals surface area (Å²) < 4.78 is 0. The van der Waals surface area contributed by atoms with Gasteiger partial charge in [0, 0.05) is 12.1 Å². The van der Waals surface area contributed by atoms with E-state index in [9.17, 15) is 9.59 Å². The average molecular weight is 230 g/mol. The summed E-state index contributed by atoms with van der Waals surface area (Å²) in [6.45, 7) is -0.147. The molecule has 6 heteroatoms. The smallest absolute Gasteiger partial charge is 0.317 e. The topological polar surface area (TPSA) is 98.7 Å². The van der Waals surface area contributed by atoms with Crippen molar-refractivity contribution >= 4 is 11.9 Å². The summed E-state index contributed by atoms with van der Waals surface area (Å²) in [5.74, 6) is -1.77. The Morgan fingerprint density at radius 2 is 1.31 bits per heavy atom. The Bertz CT molecular complexity index is 231. The zero-order chi connectivity index (χ0) is 12.0. The van der Waals surface area contributed by atoms with E-state index < -0.39 is 11.9 Å². The molecule has 4 N–H and O–H groups in total. The van der Waals surface area contributed by atoms with E-state index in [0.717, 1.165) is 25.7 Å². The van der Waals surface area contributed by atoms with Crippen LogP contribution < -0.4 is 10.6 Å². The largest absolute Gasteiger partial charge is 0.480 e. The van der Waals surface area contributed by atoms with Crippen LogP contribution in [0.15, 0.2) is 0 Å². The molecule has 1 rings (SSSR count). The van der Waals surface area contributed by atoms with E-state index in [0.29, 0.717) is 0 Å². The van der Waals surface area contributed by atoms with Crippen LogP contribution >= 0.6 is 0 Å². The van der Waals surface area contributed by atoms with Crippen LogP contribution in [0.1, 0.15) is 25.7 Å². The van der Waals surface area contributed by atoms with Gasteiger partial charge in [0.25, 0.3) is 0 Å². The van der Waals surface area contributed by atoms with Crippen LogP contribution in [-0.2, 0) is 9.59 Å². The lowest BCUT2D eigenvalue weighted by molar-refractivity contribution is -0.137. The second-order valence-corrected chi connectivity index (χ2v) is 4.05. The molecule has 0 spiro atoms. The molecule has 16 heavy (non-hydrogen) atoms. The van der Waals surface area contributed by atoms with Crippen molar-refractivity contribution in [3.63, 3.8) is 0 Å². The minimum absolute atomic E-state index is 0.0594. The highest BCUT2D eigenvalue weighted by Crippen LogP contribution is 2.18. The summed E-state index contributed by atoms with van der Waals surface area (Å²) in [6, 6.07) is 0.119. The van der Waals surface area contributed by atoms with Gasteiger partial charge in [-0.2, -0.15) is 0 Å². The average Bonchev–Trinajstić information content (AvgIpc) is 2.24. The normalized spacial score (nSPS) is 25.2. The number of carboxylic acids is 2. The highest BCUT2D eigenvalue weighted by molar-refractivity contribution is 5.69. The minimum atomic E-state index is -0.887. The van der Waals surface area contributed by atoms with Gasteiger partial charge in [-0.25, -0.2) is 0 Å². The fourth-order valence-corrected chi connectivity index (χ4v) is 2.06. The maximum absolute atomic E-state index is 10.4. The van der Waals surface area contributed by atoms with Gasteiger partial charge in [-0.3, -0.25) is 9.59 Å². The summed E-state index contributed by atoms with van der Waals surface area (Å²) in [6.07, 6.45) is 3.90. The molecular formula is C10H18N2O4. The van der Waals surface area contributed by atoms with Crippen molar-refractivity contribution in [3.8, 4) is 0 Å². The predicted molar refractivity (Wildman–Crippen MR) is 57.3 cm³/mol. The molecule has 1 aliphatic rings. The van der Waals surface area contributed by atoms with E-state index in [2.05, 4.69) is 10.6 Å². The fourth-order valence-electron chi connectivity index (χ4n) is 2.06. The number of carboxylic acid groups (broad SMARTS) is 2. The molecule has 0 unspecified atom stereocenters. The lowest BCUT2D eigenvalue weighted by Gasteiger charge is -2.32. The van der Waals surface area contributed by atoms with Crippen LogP contribution in [0.4, 0.5) is 0 Å². The van der Waals surface area contributed by atoms with Crippen LogP contribution in [-0.4, -0.2) is 47.3 Å². The zero-order valence-corrected chi connectivity index (χ0v) is 9.11. The molecule has 0 saturated heterocycles. The molecule has 0 aliphatic heterocycles. The van der Waals surface area contributed by atoms with Gasteiger partial charge in [0.15, 0.2) is 0 Å². The van der Waals surface area contributed by atoms with Crippen molar-refractivity contribution in [1.29, 1.82) is 0 Å². The SMILES string of the molecule is O=C(O)CN[C@H]1CCCC[C@H]1NCC(=O)O. The molecule has 0 bridgehead atoms. The lowest BCUT2D eigenvalue weighted by atomic mass is 9.90. The van der Waals surface area contributed by atoms with E-state index in [1.165, 1.54) is 0 Å². The third-order valence-electron chi connectivity index (χ3n) is 2.80. The first-order chi connectivity index (χ1) is 7.59. The van der Waals surface area contributed by atoms with Gasteiger partial charge in [-0.1, -0.05) is 12.8 Å². The van der Waals surface area contributed by atoms with E-state index in [4.69, 9.17) is 10.2 Å².